The zero-order valence-electron chi connectivity index (χ0n) is 15.2. The lowest BCUT2D eigenvalue weighted by atomic mass is 10.2. The molecule has 0 aliphatic heterocycles. The molecule has 1 aromatic carbocycles. The Bertz CT molecular complexity index is 1010. The summed E-state index contributed by atoms with van der Waals surface area (Å²) in [5, 5.41) is 6.20. The van der Waals surface area contributed by atoms with Gasteiger partial charge in [0.15, 0.2) is 0 Å². The first-order valence-corrected chi connectivity index (χ1v) is 9.58. The zero-order chi connectivity index (χ0) is 19.6. The molecule has 0 saturated carbocycles. The minimum Gasteiger partial charge on any atom is -0.495 e. The Labute approximate surface area is 165 Å². The van der Waals surface area contributed by atoms with E-state index in [-0.39, 0.29) is 19.1 Å². The van der Waals surface area contributed by atoms with Crippen LogP contribution in [0.2, 0.25) is 5.02 Å². The predicted molar refractivity (Wildman–Crippen MR) is 107 cm³/mol. The van der Waals surface area contributed by atoms with Crippen molar-refractivity contribution in [2.24, 2.45) is 0 Å². The van der Waals surface area contributed by atoms with E-state index in [1.807, 2.05) is 18.4 Å². The fourth-order valence-electron chi connectivity index (χ4n) is 2.77. The SMILES string of the molecule is CCOC(=O)c1cc2ccsc2n1CC(=O)Nc1cc(C)c(Cl)cc1OC. The fraction of sp³-hybridized carbons (Fsp3) is 0.263. The number of fused-ring (bicyclic) bond motifs is 1. The van der Waals surface area contributed by atoms with Gasteiger partial charge in [0.2, 0.25) is 5.91 Å². The van der Waals surface area contributed by atoms with Crippen molar-refractivity contribution in [3.8, 4) is 5.75 Å². The van der Waals surface area contributed by atoms with E-state index in [2.05, 4.69) is 5.32 Å². The Morgan fingerprint density at radius 2 is 2.07 bits per heavy atom. The van der Waals surface area contributed by atoms with Crippen LogP contribution in [0.4, 0.5) is 5.69 Å². The normalized spacial score (nSPS) is 10.8. The molecule has 0 saturated heterocycles. The van der Waals surface area contributed by atoms with Gasteiger partial charge in [-0.1, -0.05) is 11.6 Å². The molecule has 8 heteroatoms. The van der Waals surface area contributed by atoms with Crippen LogP contribution in [0.15, 0.2) is 29.6 Å². The van der Waals surface area contributed by atoms with Gasteiger partial charge >= 0.3 is 5.97 Å². The number of methoxy groups -OCH3 is 1. The summed E-state index contributed by atoms with van der Waals surface area (Å²) in [7, 11) is 1.51. The van der Waals surface area contributed by atoms with Gasteiger partial charge in [-0.25, -0.2) is 4.79 Å². The molecule has 0 atom stereocenters. The second kappa shape index (κ2) is 8.02. The van der Waals surface area contributed by atoms with Gasteiger partial charge in [0, 0.05) is 16.5 Å². The highest BCUT2D eigenvalue weighted by Gasteiger charge is 2.20. The molecule has 3 aromatic rings. The number of halogens is 1. The van der Waals surface area contributed by atoms with Crippen LogP contribution in [0.5, 0.6) is 5.75 Å². The molecular formula is C19H19ClN2O4S. The monoisotopic (exact) mass is 406 g/mol. The summed E-state index contributed by atoms with van der Waals surface area (Å²) in [5.41, 5.74) is 1.70. The summed E-state index contributed by atoms with van der Waals surface area (Å²) >= 11 is 7.57. The van der Waals surface area contributed by atoms with Crippen molar-refractivity contribution < 1.29 is 19.1 Å². The van der Waals surface area contributed by atoms with Gasteiger partial charge in [-0.15, -0.1) is 11.3 Å². The van der Waals surface area contributed by atoms with E-state index in [1.165, 1.54) is 18.4 Å². The number of carbonyl (C=O) groups is 2. The molecule has 27 heavy (non-hydrogen) atoms. The van der Waals surface area contributed by atoms with Crippen molar-refractivity contribution in [2.45, 2.75) is 20.4 Å². The van der Waals surface area contributed by atoms with Crippen molar-refractivity contribution in [3.05, 3.63) is 45.9 Å². The van der Waals surface area contributed by atoms with Gasteiger partial charge in [0.05, 0.1) is 19.4 Å². The summed E-state index contributed by atoms with van der Waals surface area (Å²) in [6, 6.07) is 7.05. The molecule has 0 spiro atoms. The third-order valence-corrected chi connectivity index (χ3v) is 5.40. The van der Waals surface area contributed by atoms with Crippen LogP contribution < -0.4 is 10.1 Å². The van der Waals surface area contributed by atoms with Crippen LogP contribution in [0.25, 0.3) is 10.2 Å². The summed E-state index contributed by atoms with van der Waals surface area (Å²) in [5.74, 6) is -0.265. The number of aromatic nitrogens is 1. The average Bonchev–Trinajstić information content (AvgIpc) is 3.21. The molecule has 1 amide bonds. The Morgan fingerprint density at radius 1 is 1.30 bits per heavy atom. The van der Waals surface area contributed by atoms with Crippen molar-refractivity contribution in [1.82, 2.24) is 4.57 Å². The van der Waals surface area contributed by atoms with Gasteiger partial charge < -0.3 is 19.4 Å². The number of carbonyl (C=O) groups excluding carboxylic acids is 2. The van der Waals surface area contributed by atoms with E-state index in [4.69, 9.17) is 21.1 Å². The number of thiophene rings is 1. The molecule has 2 aromatic heterocycles. The number of aryl methyl sites for hydroxylation is 1. The average molecular weight is 407 g/mol. The van der Waals surface area contributed by atoms with E-state index in [0.717, 1.165) is 15.8 Å². The molecule has 0 unspecified atom stereocenters. The number of hydrogen-bond acceptors (Lipinski definition) is 5. The number of nitrogens with one attached hydrogen (secondary N) is 1. The Balaban J connectivity index is 1.88. The first kappa shape index (κ1) is 19.3. The van der Waals surface area contributed by atoms with Crippen LogP contribution in [-0.4, -0.2) is 30.2 Å². The van der Waals surface area contributed by atoms with Crippen molar-refractivity contribution in [1.29, 1.82) is 0 Å². The standard InChI is InChI=1S/C19H19ClN2O4S/c1-4-26-19(24)15-8-12-5-6-27-18(12)22(15)10-17(23)21-14-7-11(2)13(20)9-16(14)25-3/h5-9H,4,10H2,1-3H3,(H,21,23). The van der Waals surface area contributed by atoms with Gasteiger partial charge in [0.1, 0.15) is 22.8 Å². The third-order valence-electron chi connectivity index (χ3n) is 4.04. The largest absolute Gasteiger partial charge is 0.495 e. The predicted octanol–water partition coefficient (Wildman–Crippen LogP) is 4.49. The fourth-order valence-corrected chi connectivity index (χ4v) is 3.82. The highest BCUT2D eigenvalue weighted by molar-refractivity contribution is 7.16. The number of hydrogen-bond donors (Lipinski definition) is 1. The number of amides is 1. The summed E-state index contributed by atoms with van der Waals surface area (Å²) in [6.07, 6.45) is 0. The van der Waals surface area contributed by atoms with E-state index in [0.29, 0.717) is 22.2 Å². The van der Waals surface area contributed by atoms with E-state index in [1.54, 1.807) is 29.7 Å². The van der Waals surface area contributed by atoms with Crippen molar-refractivity contribution in [3.63, 3.8) is 0 Å². The molecule has 3 rings (SSSR count). The Morgan fingerprint density at radius 3 is 2.78 bits per heavy atom. The second-order valence-corrected chi connectivity index (χ2v) is 7.17. The Kier molecular flexibility index (Phi) is 5.72. The first-order chi connectivity index (χ1) is 12.9. The highest BCUT2D eigenvalue weighted by atomic mass is 35.5. The lowest BCUT2D eigenvalue weighted by Crippen LogP contribution is -2.22. The molecule has 0 radical (unpaired) electrons. The summed E-state index contributed by atoms with van der Waals surface area (Å²) < 4.78 is 12.1. The number of nitrogens with zero attached hydrogens (tertiary/aromatic N) is 1. The topological polar surface area (TPSA) is 69.6 Å². The van der Waals surface area contributed by atoms with Gasteiger partial charge in [-0.05, 0) is 43.0 Å². The van der Waals surface area contributed by atoms with Crippen LogP contribution in [-0.2, 0) is 16.1 Å². The lowest BCUT2D eigenvalue weighted by molar-refractivity contribution is -0.116. The van der Waals surface area contributed by atoms with Crippen LogP contribution in [0, 0.1) is 6.92 Å². The van der Waals surface area contributed by atoms with Crippen molar-refractivity contribution in [2.75, 3.05) is 19.0 Å². The first-order valence-electron chi connectivity index (χ1n) is 8.32. The maximum atomic E-state index is 12.7. The zero-order valence-corrected chi connectivity index (χ0v) is 16.7. The third kappa shape index (κ3) is 3.94. The van der Waals surface area contributed by atoms with Crippen LogP contribution in [0.1, 0.15) is 23.0 Å². The maximum Gasteiger partial charge on any atom is 0.355 e. The van der Waals surface area contributed by atoms with Gasteiger partial charge in [-0.2, -0.15) is 0 Å². The van der Waals surface area contributed by atoms with E-state index >= 15 is 0 Å². The maximum absolute atomic E-state index is 12.7. The number of ether oxygens (including phenoxy) is 2. The minimum absolute atomic E-state index is 0.0248. The molecule has 2 heterocycles. The smallest absolute Gasteiger partial charge is 0.355 e. The highest BCUT2D eigenvalue weighted by Crippen LogP contribution is 2.31. The lowest BCUT2D eigenvalue weighted by Gasteiger charge is -2.14. The van der Waals surface area contributed by atoms with Crippen LogP contribution >= 0.6 is 22.9 Å². The van der Waals surface area contributed by atoms with Gasteiger partial charge in [-0.3, -0.25) is 4.79 Å². The second-order valence-electron chi connectivity index (χ2n) is 5.87. The molecule has 142 valence electrons. The molecule has 0 aliphatic carbocycles. The van der Waals surface area contributed by atoms with Gasteiger partial charge in [0.25, 0.3) is 0 Å². The molecular weight excluding hydrogens is 388 g/mol. The number of rotatable bonds is 6. The number of benzene rings is 1. The molecule has 0 bridgehead atoms. The van der Waals surface area contributed by atoms with Crippen LogP contribution in [0.3, 0.4) is 0 Å². The molecule has 0 fully saturated rings. The Hall–Kier alpha value is -2.51. The summed E-state index contributed by atoms with van der Waals surface area (Å²) in [4.78, 5) is 25.8. The quantitative estimate of drug-likeness (QED) is 0.612. The molecule has 1 N–H and O–H groups in total. The number of esters is 1. The van der Waals surface area contributed by atoms with Crippen molar-refractivity contribution >= 4 is 50.7 Å². The minimum atomic E-state index is -0.450. The molecule has 6 nitrogen and oxygen atoms in total. The number of anilines is 1. The van der Waals surface area contributed by atoms with E-state index in [9.17, 15) is 9.59 Å². The molecule has 0 aliphatic rings. The van der Waals surface area contributed by atoms with E-state index < -0.39 is 5.97 Å². The summed E-state index contributed by atoms with van der Waals surface area (Å²) in [6.45, 7) is 3.83.